The van der Waals surface area contributed by atoms with Crippen LogP contribution in [-0.2, 0) is 0 Å². The molecule has 1 N–H and O–H groups in total. The molecule has 0 spiro atoms. The van der Waals surface area contributed by atoms with E-state index in [9.17, 15) is 10.1 Å². The number of carbonyl (C=O) groups excluding carboxylic acids is 1. The van der Waals surface area contributed by atoms with Crippen LogP contribution in [0, 0.1) is 23.2 Å². The number of hydrogen-bond acceptors (Lipinski definition) is 6. The molecule has 0 aromatic heterocycles. The number of ether oxygens (including phenoxy) is 3. The standard InChI is InChI=1S/C28H36N4O4/c1-4-30-28(33)32-18-22-16-31(17-23(22)19-32)13-5-6-25(21-9-7-20(15-29)8-10-21)36-24-11-12-26(34-2)27(14-24)35-3/h7-12,14,22-23,25H,4-6,13,16-19H2,1-3H3,(H,30,33). The molecule has 2 amide bonds. The molecule has 3 atom stereocenters. The van der Waals surface area contributed by atoms with Crippen molar-refractivity contribution >= 4 is 6.03 Å². The van der Waals surface area contributed by atoms with E-state index in [1.165, 1.54) is 0 Å². The average molecular weight is 493 g/mol. The van der Waals surface area contributed by atoms with E-state index in [0.29, 0.717) is 41.2 Å². The molecule has 0 bridgehead atoms. The van der Waals surface area contributed by atoms with Crippen molar-refractivity contribution in [2.75, 3.05) is 53.5 Å². The molecular weight excluding hydrogens is 456 g/mol. The van der Waals surface area contributed by atoms with E-state index in [1.54, 1.807) is 14.2 Å². The van der Waals surface area contributed by atoms with E-state index in [1.807, 2.05) is 54.3 Å². The number of methoxy groups -OCH3 is 2. The Labute approximate surface area is 213 Å². The van der Waals surface area contributed by atoms with Crippen molar-refractivity contribution in [3.05, 3.63) is 53.6 Å². The van der Waals surface area contributed by atoms with Crippen LogP contribution in [0.4, 0.5) is 4.79 Å². The molecule has 0 aliphatic carbocycles. The summed E-state index contributed by atoms with van der Waals surface area (Å²) in [4.78, 5) is 16.7. The van der Waals surface area contributed by atoms with Gasteiger partial charge in [0.25, 0.3) is 0 Å². The van der Waals surface area contributed by atoms with Gasteiger partial charge in [-0.3, -0.25) is 0 Å². The van der Waals surface area contributed by atoms with E-state index in [4.69, 9.17) is 14.2 Å². The largest absolute Gasteiger partial charge is 0.493 e. The SMILES string of the molecule is CCNC(=O)N1CC2CN(CCCC(Oc3ccc(OC)c(OC)c3)c3ccc(C#N)cc3)CC2C1. The quantitative estimate of drug-likeness (QED) is 0.538. The van der Waals surface area contributed by atoms with Crippen molar-refractivity contribution in [3.8, 4) is 23.3 Å². The van der Waals surface area contributed by atoms with E-state index in [2.05, 4.69) is 16.3 Å². The number of nitrogens with one attached hydrogen (secondary N) is 1. The van der Waals surface area contributed by atoms with Crippen molar-refractivity contribution in [2.24, 2.45) is 11.8 Å². The van der Waals surface area contributed by atoms with Crippen LogP contribution in [0.15, 0.2) is 42.5 Å². The minimum absolute atomic E-state index is 0.0658. The summed E-state index contributed by atoms with van der Waals surface area (Å²) in [6.45, 7) is 7.40. The molecule has 2 saturated heterocycles. The zero-order valence-corrected chi connectivity index (χ0v) is 21.4. The van der Waals surface area contributed by atoms with Gasteiger partial charge in [-0.1, -0.05) is 12.1 Å². The molecule has 2 heterocycles. The van der Waals surface area contributed by atoms with E-state index in [0.717, 1.165) is 51.1 Å². The first-order chi connectivity index (χ1) is 17.5. The van der Waals surface area contributed by atoms with E-state index < -0.39 is 0 Å². The molecule has 8 heteroatoms. The number of nitrogens with zero attached hydrogens (tertiary/aromatic N) is 3. The summed E-state index contributed by atoms with van der Waals surface area (Å²) in [6.07, 6.45) is 1.68. The number of urea groups is 1. The molecule has 0 radical (unpaired) electrons. The normalized spacial score (nSPS) is 19.9. The smallest absolute Gasteiger partial charge is 0.317 e. The Morgan fingerprint density at radius 2 is 1.75 bits per heavy atom. The Hall–Kier alpha value is -3.44. The van der Waals surface area contributed by atoms with Gasteiger partial charge in [0, 0.05) is 38.8 Å². The second-order valence-electron chi connectivity index (χ2n) is 9.52. The molecule has 8 nitrogen and oxygen atoms in total. The average Bonchev–Trinajstić information content (AvgIpc) is 3.47. The highest BCUT2D eigenvalue weighted by atomic mass is 16.5. The van der Waals surface area contributed by atoms with Gasteiger partial charge in [0.05, 0.1) is 25.9 Å². The van der Waals surface area contributed by atoms with E-state index >= 15 is 0 Å². The van der Waals surface area contributed by atoms with Crippen molar-refractivity contribution < 1.29 is 19.0 Å². The Morgan fingerprint density at radius 1 is 1.06 bits per heavy atom. The predicted octanol–water partition coefficient (Wildman–Crippen LogP) is 4.07. The topological polar surface area (TPSA) is 87.1 Å². The van der Waals surface area contributed by atoms with Gasteiger partial charge in [0.15, 0.2) is 11.5 Å². The number of benzene rings is 2. The summed E-state index contributed by atoms with van der Waals surface area (Å²) >= 11 is 0. The zero-order valence-electron chi connectivity index (χ0n) is 21.4. The van der Waals surface area contributed by atoms with Gasteiger partial charge in [-0.05, 0) is 68.0 Å². The van der Waals surface area contributed by atoms with Gasteiger partial charge in [-0.15, -0.1) is 0 Å². The summed E-state index contributed by atoms with van der Waals surface area (Å²) < 4.78 is 17.2. The van der Waals surface area contributed by atoms with Gasteiger partial charge in [-0.25, -0.2) is 4.79 Å². The van der Waals surface area contributed by atoms with Crippen molar-refractivity contribution in [3.63, 3.8) is 0 Å². The first kappa shape index (κ1) is 25.6. The molecule has 2 aromatic rings. The van der Waals surface area contributed by atoms with Crippen LogP contribution >= 0.6 is 0 Å². The van der Waals surface area contributed by atoms with Crippen LogP contribution in [0.5, 0.6) is 17.2 Å². The Kier molecular flexibility index (Phi) is 8.55. The molecule has 36 heavy (non-hydrogen) atoms. The summed E-state index contributed by atoms with van der Waals surface area (Å²) in [5, 5.41) is 12.1. The van der Waals surface area contributed by atoms with Crippen molar-refractivity contribution in [1.29, 1.82) is 5.26 Å². The lowest BCUT2D eigenvalue weighted by molar-refractivity contribution is 0.178. The van der Waals surface area contributed by atoms with Crippen LogP contribution < -0.4 is 19.5 Å². The molecule has 2 aromatic carbocycles. The Balaban J connectivity index is 1.36. The number of amides is 2. The first-order valence-electron chi connectivity index (χ1n) is 12.7. The lowest BCUT2D eigenvalue weighted by atomic mass is 10.0. The van der Waals surface area contributed by atoms with Gasteiger partial charge in [0.1, 0.15) is 11.9 Å². The second kappa shape index (κ2) is 12.0. The third-order valence-corrected chi connectivity index (χ3v) is 7.16. The number of nitriles is 1. The molecule has 2 aliphatic rings. The highest BCUT2D eigenvalue weighted by molar-refractivity contribution is 5.74. The number of hydrogen-bond donors (Lipinski definition) is 1. The molecule has 2 fully saturated rings. The molecule has 4 rings (SSSR count). The van der Waals surface area contributed by atoms with Gasteiger partial charge in [0.2, 0.25) is 0 Å². The zero-order chi connectivity index (χ0) is 25.5. The summed E-state index contributed by atoms with van der Waals surface area (Å²) in [5.74, 6) is 3.11. The van der Waals surface area contributed by atoms with Crippen molar-refractivity contribution in [1.82, 2.24) is 15.1 Å². The number of fused-ring (bicyclic) bond motifs is 1. The van der Waals surface area contributed by atoms with Gasteiger partial charge < -0.3 is 29.3 Å². The minimum atomic E-state index is -0.147. The summed E-state index contributed by atoms with van der Waals surface area (Å²) in [5.41, 5.74) is 1.67. The third kappa shape index (κ3) is 6.03. The maximum Gasteiger partial charge on any atom is 0.317 e. The van der Waals surface area contributed by atoms with Gasteiger partial charge in [-0.2, -0.15) is 5.26 Å². The number of rotatable bonds is 10. The maximum absolute atomic E-state index is 12.2. The second-order valence-corrected chi connectivity index (χ2v) is 9.52. The van der Waals surface area contributed by atoms with E-state index in [-0.39, 0.29) is 12.1 Å². The highest BCUT2D eigenvalue weighted by Crippen LogP contribution is 2.35. The van der Waals surface area contributed by atoms with Crippen LogP contribution in [0.1, 0.15) is 37.0 Å². The third-order valence-electron chi connectivity index (χ3n) is 7.16. The highest BCUT2D eigenvalue weighted by Gasteiger charge is 2.41. The van der Waals surface area contributed by atoms with Crippen molar-refractivity contribution in [2.45, 2.75) is 25.9 Å². The Morgan fingerprint density at radius 3 is 2.36 bits per heavy atom. The fourth-order valence-corrected chi connectivity index (χ4v) is 5.32. The van der Waals surface area contributed by atoms with Crippen LogP contribution in [-0.4, -0.2) is 69.3 Å². The summed E-state index contributed by atoms with van der Waals surface area (Å²) in [7, 11) is 3.22. The Bertz CT molecular complexity index is 1050. The molecule has 192 valence electrons. The minimum Gasteiger partial charge on any atom is -0.493 e. The summed E-state index contributed by atoms with van der Waals surface area (Å²) in [6, 6.07) is 15.4. The lowest BCUT2D eigenvalue weighted by Gasteiger charge is -2.24. The molecule has 2 aliphatic heterocycles. The monoisotopic (exact) mass is 492 g/mol. The molecule has 0 saturated carbocycles. The lowest BCUT2D eigenvalue weighted by Crippen LogP contribution is -2.40. The van der Waals surface area contributed by atoms with Crippen LogP contribution in [0.25, 0.3) is 0 Å². The molecule has 3 unspecified atom stereocenters. The number of likely N-dealkylation sites (tertiary alicyclic amines) is 2. The number of carbonyl (C=O) groups is 1. The van der Waals surface area contributed by atoms with Crippen LogP contribution in [0.2, 0.25) is 0 Å². The fourth-order valence-electron chi connectivity index (χ4n) is 5.32. The molecular formula is C28H36N4O4. The fraction of sp³-hybridized carbons (Fsp3) is 0.500. The maximum atomic E-state index is 12.2. The predicted molar refractivity (Wildman–Crippen MR) is 137 cm³/mol. The van der Waals surface area contributed by atoms with Crippen LogP contribution in [0.3, 0.4) is 0 Å². The first-order valence-corrected chi connectivity index (χ1v) is 12.7. The van der Waals surface area contributed by atoms with Gasteiger partial charge >= 0.3 is 6.03 Å².